The Morgan fingerprint density at radius 1 is 1.15 bits per heavy atom. The number of nitrogens with zero attached hydrogens (tertiary/aromatic N) is 1. The number of fused-ring (bicyclic) bond motifs is 1. The summed E-state index contributed by atoms with van der Waals surface area (Å²) in [5.41, 5.74) is 1.60. The number of ether oxygens (including phenoxy) is 1. The molecule has 138 valence electrons. The van der Waals surface area contributed by atoms with Crippen molar-refractivity contribution >= 4 is 22.8 Å². The number of likely N-dealkylation sites (tertiary alicyclic amines) is 1. The topological polar surface area (TPSA) is 80.0 Å². The maximum Gasteiger partial charge on any atom is 0.309 e. The van der Waals surface area contributed by atoms with Gasteiger partial charge in [-0.25, -0.2) is 0 Å². The molecule has 0 spiro atoms. The van der Waals surface area contributed by atoms with Gasteiger partial charge in [-0.15, -0.1) is 0 Å². The molecule has 0 saturated carbocycles. The fourth-order valence-corrected chi connectivity index (χ4v) is 4.29. The maximum absolute atomic E-state index is 12.9. The van der Waals surface area contributed by atoms with E-state index in [1.165, 1.54) is 0 Å². The Kier molecular flexibility index (Phi) is 4.44. The number of furan rings is 1. The molecule has 1 unspecified atom stereocenters. The molecule has 1 aromatic heterocycles. The minimum atomic E-state index is -0.774. The number of hydrogen-bond donors (Lipinski definition) is 1. The third-order valence-electron chi connectivity index (χ3n) is 5.78. The minimum Gasteiger partial charge on any atom is -0.481 e. The van der Waals surface area contributed by atoms with Crippen LogP contribution in [0.3, 0.4) is 0 Å². The predicted octanol–water partition coefficient (Wildman–Crippen LogP) is 3.08. The van der Waals surface area contributed by atoms with Crippen molar-refractivity contribution in [2.24, 2.45) is 11.8 Å². The monoisotopic (exact) mass is 357 g/mol. The molecule has 2 aliphatic heterocycles. The number of piperidine rings is 1. The minimum absolute atomic E-state index is 0.0840. The van der Waals surface area contributed by atoms with Crippen LogP contribution in [-0.2, 0) is 9.53 Å². The van der Waals surface area contributed by atoms with Crippen LogP contribution in [0, 0.1) is 18.8 Å². The van der Waals surface area contributed by atoms with Crippen LogP contribution in [0.25, 0.3) is 11.0 Å². The van der Waals surface area contributed by atoms with E-state index >= 15 is 0 Å². The summed E-state index contributed by atoms with van der Waals surface area (Å²) in [6.45, 7) is 3.63. The van der Waals surface area contributed by atoms with Gasteiger partial charge in [0, 0.05) is 30.6 Å². The van der Waals surface area contributed by atoms with Crippen molar-refractivity contribution in [2.75, 3.05) is 19.7 Å². The van der Waals surface area contributed by atoms with Crippen molar-refractivity contribution in [2.45, 2.75) is 32.3 Å². The fraction of sp³-hybridized carbons (Fsp3) is 0.500. The summed E-state index contributed by atoms with van der Waals surface area (Å²) in [6, 6.07) is 7.66. The van der Waals surface area contributed by atoms with Crippen molar-refractivity contribution in [3.05, 3.63) is 35.6 Å². The lowest BCUT2D eigenvalue weighted by Crippen LogP contribution is -2.43. The van der Waals surface area contributed by atoms with Gasteiger partial charge in [0.2, 0.25) is 0 Å². The number of hydrogen-bond acceptors (Lipinski definition) is 4. The van der Waals surface area contributed by atoms with E-state index in [1.54, 1.807) is 0 Å². The molecule has 3 heterocycles. The number of benzene rings is 1. The highest BCUT2D eigenvalue weighted by molar-refractivity contribution is 5.98. The molecule has 1 amide bonds. The van der Waals surface area contributed by atoms with Gasteiger partial charge < -0.3 is 19.2 Å². The highest BCUT2D eigenvalue weighted by atomic mass is 16.5. The Bertz CT molecular complexity index is 834. The number of aryl methyl sites for hydroxylation is 1. The Balaban J connectivity index is 1.45. The lowest BCUT2D eigenvalue weighted by Gasteiger charge is -2.35. The summed E-state index contributed by atoms with van der Waals surface area (Å²) in [5.74, 6) is -0.673. The summed E-state index contributed by atoms with van der Waals surface area (Å²) < 4.78 is 11.5. The highest BCUT2D eigenvalue weighted by Crippen LogP contribution is 2.34. The van der Waals surface area contributed by atoms with Crippen molar-refractivity contribution < 1.29 is 23.8 Å². The lowest BCUT2D eigenvalue weighted by molar-refractivity contribution is -0.145. The number of aliphatic carboxylic acids is 1. The van der Waals surface area contributed by atoms with Crippen LogP contribution in [0.2, 0.25) is 0 Å². The summed E-state index contributed by atoms with van der Waals surface area (Å²) in [6.07, 6.45) is 1.88. The number of carboxylic acid groups (broad SMARTS) is 1. The molecule has 0 aliphatic carbocycles. The lowest BCUT2D eigenvalue weighted by atomic mass is 9.84. The van der Waals surface area contributed by atoms with Gasteiger partial charge in [-0.1, -0.05) is 18.2 Å². The molecule has 6 heteroatoms. The summed E-state index contributed by atoms with van der Waals surface area (Å²) in [5, 5.41) is 10.3. The van der Waals surface area contributed by atoms with Crippen LogP contribution < -0.4 is 0 Å². The molecule has 2 atom stereocenters. The SMILES string of the molecule is Cc1c(C(=O)N2CCC([C@@H]3OCCC3C(=O)O)CC2)oc2ccccc12. The van der Waals surface area contributed by atoms with Crippen molar-refractivity contribution in [3.63, 3.8) is 0 Å². The number of carbonyl (C=O) groups excluding carboxylic acids is 1. The third-order valence-corrected chi connectivity index (χ3v) is 5.78. The zero-order chi connectivity index (χ0) is 18.3. The van der Waals surface area contributed by atoms with Crippen LogP contribution in [-0.4, -0.2) is 47.7 Å². The third kappa shape index (κ3) is 2.88. The van der Waals surface area contributed by atoms with E-state index in [0.717, 1.165) is 29.4 Å². The van der Waals surface area contributed by atoms with Crippen LogP contribution >= 0.6 is 0 Å². The molecule has 1 N–H and O–H groups in total. The van der Waals surface area contributed by atoms with Crippen LogP contribution in [0.4, 0.5) is 0 Å². The van der Waals surface area contributed by atoms with Gasteiger partial charge in [0.05, 0.1) is 12.0 Å². The molecule has 2 fully saturated rings. The molecule has 0 bridgehead atoms. The Labute approximate surface area is 151 Å². The number of para-hydroxylation sites is 1. The van der Waals surface area contributed by atoms with E-state index in [1.807, 2.05) is 36.1 Å². The van der Waals surface area contributed by atoms with Gasteiger partial charge in [0.15, 0.2) is 5.76 Å². The van der Waals surface area contributed by atoms with Gasteiger partial charge in [0.25, 0.3) is 5.91 Å². The summed E-state index contributed by atoms with van der Waals surface area (Å²) in [7, 11) is 0. The first-order valence-corrected chi connectivity index (χ1v) is 9.18. The van der Waals surface area contributed by atoms with Crippen molar-refractivity contribution in [3.8, 4) is 0 Å². The molecule has 2 aliphatic rings. The average Bonchev–Trinajstić information content (AvgIpc) is 3.27. The van der Waals surface area contributed by atoms with Gasteiger partial charge >= 0.3 is 5.97 Å². The molecule has 2 aromatic rings. The van der Waals surface area contributed by atoms with Crippen LogP contribution in [0.1, 0.15) is 35.4 Å². The zero-order valence-corrected chi connectivity index (χ0v) is 14.8. The first kappa shape index (κ1) is 17.1. The van der Waals surface area contributed by atoms with Crippen molar-refractivity contribution in [1.82, 2.24) is 4.90 Å². The normalized spacial score (nSPS) is 24.3. The zero-order valence-electron chi connectivity index (χ0n) is 14.8. The molecular weight excluding hydrogens is 334 g/mol. The van der Waals surface area contributed by atoms with Gasteiger partial charge in [-0.2, -0.15) is 0 Å². The number of carbonyl (C=O) groups is 2. The van der Waals surface area contributed by atoms with E-state index in [2.05, 4.69) is 0 Å². The summed E-state index contributed by atoms with van der Waals surface area (Å²) >= 11 is 0. The average molecular weight is 357 g/mol. The van der Waals surface area contributed by atoms with E-state index < -0.39 is 11.9 Å². The van der Waals surface area contributed by atoms with Crippen molar-refractivity contribution in [1.29, 1.82) is 0 Å². The molecule has 26 heavy (non-hydrogen) atoms. The maximum atomic E-state index is 12.9. The van der Waals surface area contributed by atoms with Crippen LogP contribution in [0.15, 0.2) is 28.7 Å². The Morgan fingerprint density at radius 3 is 2.58 bits per heavy atom. The number of rotatable bonds is 3. The van der Waals surface area contributed by atoms with Crippen LogP contribution in [0.5, 0.6) is 0 Å². The predicted molar refractivity (Wildman–Crippen MR) is 95.1 cm³/mol. The molecule has 4 rings (SSSR count). The van der Waals surface area contributed by atoms with Gasteiger partial charge in [-0.05, 0) is 38.2 Å². The molecule has 0 radical (unpaired) electrons. The van der Waals surface area contributed by atoms with Gasteiger partial charge in [0.1, 0.15) is 5.58 Å². The second-order valence-corrected chi connectivity index (χ2v) is 7.25. The van der Waals surface area contributed by atoms with Gasteiger partial charge in [-0.3, -0.25) is 9.59 Å². The number of amides is 1. The second-order valence-electron chi connectivity index (χ2n) is 7.25. The first-order valence-electron chi connectivity index (χ1n) is 9.18. The molecule has 6 nitrogen and oxygen atoms in total. The Hall–Kier alpha value is -2.34. The molecular formula is C20H23NO5. The van der Waals surface area contributed by atoms with E-state index in [9.17, 15) is 14.7 Å². The quantitative estimate of drug-likeness (QED) is 0.913. The summed E-state index contributed by atoms with van der Waals surface area (Å²) in [4.78, 5) is 26.1. The molecule has 2 saturated heterocycles. The smallest absolute Gasteiger partial charge is 0.309 e. The Morgan fingerprint density at radius 2 is 1.88 bits per heavy atom. The largest absolute Gasteiger partial charge is 0.481 e. The molecule has 1 aromatic carbocycles. The van der Waals surface area contributed by atoms with E-state index in [4.69, 9.17) is 9.15 Å². The fourth-order valence-electron chi connectivity index (χ4n) is 4.29. The van der Waals surface area contributed by atoms with E-state index in [-0.39, 0.29) is 17.9 Å². The second kappa shape index (κ2) is 6.76. The highest BCUT2D eigenvalue weighted by Gasteiger charge is 2.41. The number of carboxylic acids is 1. The standard InChI is InChI=1S/C20H23NO5/c1-12-14-4-2-3-5-16(14)26-17(12)19(22)21-9-6-13(7-10-21)18-15(20(23)24)8-11-25-18/h2-5,13,15,18H,6-11H2,1H3,(H,23,24)/t15?,18-/m0/s1. The first-order chi connectivity index (χ1) is 12.6. The van der Waals surface area contributed by atoms with E-state index in [0.29, 0.717) is 31.9 Å².